The number of aromatic amines is 2. The van der Waals surface area contributed by atoms with E-state index in [1.54, 1.807) is 0 Å². The van der Waals surface area contributed by atoms with Crippen molar-refractivity contribution in [3.05, 3.63) is 77.5 Å². The van der Waals surface area contributed by atoms with E-state index in [4.69, 9.17) is 0 Å². The first-order valence-corrected chi connectivity index (χ1v) is 8.65. The number of aryl methyl sites for hydroxylation is 2. The normalized spacial score (nSPS) is 10.1. The average Bonchev–Trinajstić information content (AvgIpc) is 3.31. The van der Waals surface area contributed by atoms with Gasteiger partial charge in [-0.2, -0.15) is 10.2 Å². The molecule has 7 heteroatoms. The molecule has 0 spiro atoms. The lowest BCUT2D eigenvalue weighted by Crippen LogP contribution is -3.00. The first-order valence-electron chi connectivity index (χ1n) is 8.65. The van der Waals surface area contributed by atoms with E-state index < -0.39 is 0 Å². The molecule has 0 atom stereocenters. The van der Waals surface area contributed by atoms with Gasteiger partial charge in [0.1, 0.15) is 5.82 Å². The van der Waals surface area contributed by atoms with Gasteiger partial charge in [-0.1, -0.05) is 59.7 Å². The quantitative estimate of drug-likeness (QED) is 0.381. The Morgan fingerprint density at radius 1 is 0.750 bits per heavy atom. The Hall–Kier alpha value is -2.76. The Kier molecular flexibility index (Phi) is 7.26. The summed E-state index contributed by atoms with van der Waals surface area (Å²) in [7, 11) is 0. The fourth-order valence-electron chi connectivity index (χ4n) is 2.80. The lowest BCUT2D eigenvalue weighted by Gasteiger charge is -1.99. The Labute approximate surface area is 176 Å². The summed E-state index contributed by atoms with van der Waals surface area (Å²) < 4.78 is 0. The molecule has 0 saturated carbocycles. The molecule has 0 bridgehead atoms. The van der Waals surface area contributed by atoms with Crippen LogP contribution in [-0.2, 0) is 6.54 Å². The van der Waals surface area contributed by atoms with Crippen LogP contribution in [0.5, 0.6) is 0 Å². The molecule has 4 aromatic rings. The Bertz CT molecular complexity index is 920. The molecular weight excluding hydrogens is 393 g/mol. The van der Waals surface area contributed by atoms with Crippen LogP contribution in [0.3, 0.4) is 0 Å². The SMILES string of the molecule is Cc1ccc(-c2cc(CNc3cc(-c4ccc(C)cc4)[nH]n3)[nH]n2)cc1.[Cl-].[Cl-]. The van der Waals surface area contributed by atoms with E-state index in [1.807, 2.05) is 6.07 Å². The molecule has 0 aliphatic carbocycles. The summed E-state index contributed by atoms with van der Waals surface area (Å²) in [6.45, 7) is 4.80. The number of anilines is 1. The van der Waals surface area contributed by atoms with Crippen molar-refractivity contribution in [1.82, 2.24) is 20.4 Å². The van der Waals surface area contributed by atoms with Crippen molar-refractivity contribution >= 4 is 5.82 Å². The number of nitrogens with one attached hydrogen (secondary N) is 3. The minimum atomic E-state index is 0. The van der Waals surface area contributed by atoms with E-state index >= 15 is 0 Å². The fraction of sp³-hybridized carbons (Fsp3) is 0.143. The molecule has 0 amide bonds. The van der Waals surface area contributed by atoms with Crippen LogP contribution in [0.4, 0.5) is 5.82 Å². The Morgan fingerprint density at radius 3 is 2.00 bits per heavy atom. The van der Waals surface area contributed by atoms with Crippen LogP contribution < -0.4 is 30.1 Å². The molecule has 2 aromatic carbocycles. The topological polar surface area (TPSA) is 69.4 Å². The standard InChI is InChI=1S/C21H21N5.2ClH/c1-14-3-7-16(8-4-14)19-11-18(23-24-19)13-22-21-12-20(25-26-21)17-9-5-15(2)6-10-17;;/h3-12H,13H2,1-2H3,(H,23,24)(H2,22,25,26);2*1H/p-2. The van der Waals surface area contributed by atoms with Gasteiger partial charge in [-0.05, 0) is 25.5 Å². The minimum Gasteiger partial charge on any atom is -1.00 e. The minimum absolute atomic E-state index is 0. The first kappa shape index (κ1) is 21.5. The number of halogens is 2. The van der Waals surface area contributed by atoms with Crippen LogP contribution in [0.25, 0.3) is 22.5 Å². The molecule has 0 saturated heterocycles. The maximum Gasteiger partial charge on any atom is 0.148 e. The monoisotopic (exact) mass is 413 g/mol. The molecular formula is C21H21Cl2N5-2. The van der Waals surface area contributed by atoms with Crippen molar-refractivity contribution in [3.8, 4) is 22.5 Å². The van der Waals surface area contributed by atoms with Crippen LogP contribution in [0, 0.1) is 13.8 Å². The van der Waals surface area contributed by atoms with Gasteiger partial charge in [-0.15, -0.1) is 0 Å². The third-order valence-corrected chi connectivity index (χ3v) is 4.38. The zero-order chi connectivity index (χ0) is 17.9. The molecule has 0 unspecified atom stereocenters. The largest absolute Gasteiger partial charge is 1.00 e. The fourth-order valence-corrected chi connectivity index (χ4v) is 2.80. The van der Waals surface area contributed by atoms with Crippen LogP contribution in [0.1, 0.15) is 16.8 Å². The summed E-state index contributed by atoms with van der Waals surface area (Å²) >= 11 is 0. The number of rotatable bonds is 5. The number of hydrogen-bond donors (Lipinski definition) is 3. The summed E-state index contributed by atoms with van der Waals surface area (Å²) in [6, 6.07) is 20.8. The number of nitrogens with zero attached hydrogens (tertiary/aromatic N) is 2. The molecule has 4 rings (SSSR count). The lowest BCUT2D eigenvalue weighted by atomic mass is 10.1. The lowest BCUT2D eigenvalue weighted by molar-refractivity contribution is -0.001000. The zero-order valence-corrected chi connectivity index (χ0v) is 17.1. The highest BCUT2D eigenvalue weighted by Gasteiger charge is 2.06. The molecule has 28 heavy (non-hydrogen) atoms. The van der Waals surface area contributed by atoms with Crippen molar-refractivity contribution in [2.75, 3.05) is 5.32 Å². The van der Waals surface area contributed by atoms with E-state index in [1.165, 1.54) is 11.1 Å². The molecule has 0 fully saturated rings. The van der Waals surface area contributed by atoms with Gasteiger partial charge >= 0.3 is 0 Å². The highest BCUT2D eigenvalue weighted by molar-refractivity contribution is 5.63. The number of benzene rings is 2. The molecule has 5 nitrogen and oxygen atoms in total. The molecule has 0 aliphatic rings. The van der Waals surface area contributed by atoms with Gasteiger partial charge in [0.25, 0.3) is 0 Å². The maximum atomic E-state index is 4.40. The van der Waals surface area contributed by atoms with Gasteiger partial charge in [0.05, 0.1) is 23.6 Å². The van der Waals surface area contributed by atoms with Crippen molar-refractivity contribution < 1.29 is 24.8 Å². The summed E-state index contributed by atoms with van der Waals surface area (Å²) in [4.78, 5) is 0. The van der Waals surface area contributed by atoms with Gasteiger partial charge in [0.2, 0.25) is 0 Å². The summed E-state index contributed by atoms with van der Waals surface area (Å²) in [5.74, 6) is 0.812. The molecule has 146 valence electrons. The molecule has 3 N–H and O–H groups in total. The predicted octanol–water partition coefficient (Wildman–Crippen LogP) is -1.30. The van der Waals surface area contributed by atoms with Gasteiger partial charge in [0, 0.05) is 11.6 Å². The van der Waals surface area contributed by atoms with Crippen molar-refractivity contribution in [1.29, 1.82) is 0 Å². The van der Waals surface area contributed by atoms with Crippen molar-refractivity contribution in [2.45, 2.75) is 20.4 Å². The average molecular weight is 414 g/mol. The maximum absolute atomic E-state index is 4.40. The Balaban J connectivity index is 0.00000140. The van der Waals surface area contributed by atoms with E-state index in [9.17, 15) is 0 Å². The number of hydrogen-bond acceptors (Lipinski definition) is 3. The predicted molar refractivity (Wildman–Crippen MR) is 105 cm³/mol. The summed E-state index contributed by atoms with van der Waals surface area (Å²) in [6.07, 6.45) is 0. The zero-order valence-electron chi connectivity index (χ0n) is 15.6. The second-order valence-corrected chi connectivity index (χ2v) is 6.53. The van der Waals surface area contributed by atoms with Gasteiger partial charge in [0.15, 0.2) is 0 Å². The van der Waals surface area contributed by atoms with E-state index in [2.05, 4.69) is 94.2 Å². The highest BCUT2D eigenvalue weighted by atomic mass is 35.5. The van der Waals surface area contributed by atoms with Crippen LogP contribution in [0.15, 0.2) is 60.7 Å². The molecule has 2 aromatic heterocycles. The van der Waals surface area contributed by atoms with Crippen molar-refractivity contribution in [3.63, 3.8) is 0 Å². The van der Waals surface area contributed by atoms with Crippen LogP contribution in [0.2, 0.25) is 0 Å². The first-order chi connectivity index (χ1) is 12.7. The summed E-state index contributed by atoms with van der Waals surface area (Å²) in [5, 5.41) is 18.2. The van der Waals surface area contributed by atoms with Gasteiger partial charge < -0.3 is 30.1 Å². The van der Waals surface area contributed by atoms with Gasteiger partial charge in [-0.3, -0.25) is 10.2 Å². The smallest absolute Gasteiger partial charge is 0.148 e. The molecule has 2 heterocycles. The van der Waals surface area contributed by atoms with E-state index in [-0.39, 0.29) is 24.8 Å². The third kappa shape index (κ3) is 4.94. The van der Waals surface area contributed by atoms with E-state index in [0.29, 0.717) is 6.54 Å². The Morgan fingerprint density at radius 2 is 1.36 bits per heavy atom. The number of H-pyrrole nitrogens is 2. The van der Waals surface area contributed by atoms with E-state index in [0.717, 1.165) is 34.0 Å². The van der Waals surface area contributed by atoms with Gasteiger partial charge in [-0.25, -0.2) is 0 Å². The molecule has 0 radical (unpaired) electrons. The van der Waals surface area contributed by atoms with Crippen molar-refractivity contribution in [2.24, 2.45) is 0 Å². The highest BCUT2D eigenvalue weighted by Crippen LogP contribution is 2.21. The van der Waals surface area contributed by atoms with Crippen LogP contribution in [-0.4, -0.2) is 20.4 Å². The molecule has 0 aliphatic heterocycles. The second kappa shape index (κ2) is 9.44. The van der Waals surface area contributed by atoms with Crippen LogP contribution >= 0.6 is 0 Å². The third-order valence-electron chi connectivity index (χ3n) is 4.38. The summed E-state index contributed by atoms with van der Waals surface area (Å²) in [5.41, 5.74) is 7.69. The number of aromatic nitrogens is 4. The second-order valence-electron chi connectivity index (χ2n) is 6.53.